The Morgan fingerprint density at radius 1 is 1.36 bits per heavy atom. The van der Waals surface area contributed by atoms with Crippen molar-refractivity contribution < 1.29 is 9.53 Å². The summed E-state index contributed by atoms with van der Waals surface area (Å²) in [5.41, 5.74) is 0.932. The molecule has 1 aliphatic heterocycles. The van der Waals surface area contributed by atoms with Gasteiger partial charge in [0.15, 0.2) is 5.17 Å². The molecule has 0 spiro atoms. The van der Waals surface area contributed by atoms with Crippen LogP contribution in [0.5, 0.6) is 0 Å². The monoisotopic (exact) mass is 381 g/mol. The Balaban J connectivity index is 1.77. The first-order valence-corrected chi connectivity index (χ1v) is 10.1. The van der Waals surface area contributed by atoms with Gasteiger partial charge in [0.1, 0.15) is 0 Å². The number of carbonyl (C=O) groups excluding carboxylic acids is 1. The molecule has 0 atom stereocenters. The van der Waals surface area contributed by atoms with Crippen molar-refractivity contribution in [2.24, 2.45) is 4.99 Å². The van der Waals surface area contributed by atoms with Crippen molar-refractivity contribution in [3.05, 3.63) is 29.3 Å². The van der Waals surface area contributed by atoms with Gasteiger partial charge in [-0.25, -0.2) is 4.99 Å². The third kappa shape index (κ3) is 4.68. The minimum Gasteiger partial charge on any atom is -0.465 e. The number of aliphatic imine (C=N–C) groups is 1. The predicted octanol–water partition coefficient (Wildman–Crippen LogP) is 3.97. The average Bonchev–Trinajstić information content (AvgIpc) is 3.15. The number of esters is 1. The second kappa shape index (κ2) is 8.92. The summed E-state index contributed by atoms with van der Waals surface area (Å²) < 4.78 is 5.03. The van der Waals surface area contributed by atoms with Gasteiger partial charge < -0.3 is 9.64 Å². The fraction of sp³-hybridized carbons (Fsp3) is 0.556. The summed E-state index contributed by atoms with van der Waals surface area (Å²) >= 11 is 7.84. The van der Waals surface area contributed by atoms with E-state index in [-0.39, 0.29) is 11.7 Å². The molecule has 0 unspecified atom stereocenters. The highest BCUT2D eigenvalue weighted by Crippen LogP contribution is 2.32. The number of nitrogens with zero attached hydrogens (tertiary/aromatic N) is 3. The molecule has 1 aliphatic carbocycles. The number of amidine groups is 1. The lowest BCUT2D eigenvalue weighted by Gasteiger charge is -2.38. The van der Waals surface area contributed by atoms with E-state index in [9.17, 15) is 4.79 Å². The Kier molecular flexibility index (Phi) is 6.62. The summed E-state index contributed by atoms with van der Waals surface area (Å²) in [6.07, 6.45) is 5.05. The first-order valence-electron chi connectivity index (χ1n) is 8.78. The summed E-state index contributed by atoms with van der Waals surface area (Å²) in [6, 6.07) is 8.38. The van der Waals surface area contributed by atoms with Gasteiger partial charge >= 0.3 is 5.97 Å². The van der Waals surface area contributed by atoms with Gasteiger partial charge in [0, 0.05) is 6.04 Å². The maximum absolute atomic E-state index is 11.7. The molecular weight excluding hydrogens is 358 g/mol. The summed E-state index contributed by atoms with van der Waals surface area (Å²) in [5, 5.41) is 1.52. The lowest BCUT2D eigenvalue weighted by Crippen LogP contribution is -2.49. The maximum Gasteiger partial charge on any atom is 0.316 e. The van der Waals surface area contributed by atoms with Crippen LogP contribution in [-0.4, -0.2) is 47.8 Å². The van der Waals surface area contributed by atoms with Crippen LogP contribution in [0.25, 0.3) is 0 Å². The van der Waals surface area contributed by atoms with Crippen LogP contribution >= 0.6 is 23.4 Å². The number of hydrogen-bond acceptors (Lipinski definition) is 6. The van der Waals surface area contributed by atoms with Crippen LogP contribution in [0, 0.1) is 0 Å². The largest absolute Gasteiger partial charge is 0.465 e. The van der Waals surface area contributed by atoms with E-state index in [1.807, 2.05) is 31.2 Å². The van der Waals surface area contributed by atoms with Crippen molar-refractivity contribution in [1.82, 2.24) is 4.90 Å². The minimum atomic E-state index is -0.215. The zero-order valence-electron chi connectivity index (χ0n) is 14.5. The summed E-state index contributed by atoms with van der Waals surface area (Å²) in [4.78, 5) is 21.0. The molecule has 1 fully saturated rings. The highest BCUT2D eigenvalue weighted by atomic mass is 35.5. The van der Waals surface area contributed by atoms with E-state index < -0.39 is 0 Å². The van der Waals surface area contributed by atoms with Crippen molar-refractivity contribution in [2.45, 2.75) is 38.6 Å². The Bertz CT molecular complexity index is 635. The lowest BCUT2D eigenvalue weighted by atomic mass is 10.2. The van der Waals surface area contributed by atoms with Gasteiger partial charge in [-0.05, 0) is 31.9 Å². The summed E-state index contributed by atoms with van der Waals surface area (Å²) in [6.45, 7) is 3.64. The molecule has 1 aromatic carbocycles. The Labute approximate surface area is 158 Å². The van der Waals surface area contributed by atoms with E-state index in [1.165, 1.54) is 37.4 Å². The van der Waals surface area contributed by atoms with E-state index in [1.54, 1.807) is 0 Å². The average molecular weight is 382 g/mol. The van der Waals surface area contributed by atoms with Gasteiger partial charge in [0.05, 0.1) is 36.4 Å². The van der Waals surface area contributed by atoms with Crippen molar-refractivity contribution in [1.29, 1.82) is 0 Å². The van der Waals surface area contributed by atoms with Gasteiger partial charge in [-0.1, -0.05) is 48.3 Å². The first kappa shape index (κ1) is 18.5. The third-order valence-electron chi connectivity index (χ3n) is 4.55. The molecule has 1 saturated carbocycles. The van der Waals surface area contributed by atoms with Gasteiger partial charge in [0.2, 0.25) is 0 Å². The molecule has 136 valence electrons. The topological polar surface area (TPSA) is 45.1 Å². The standard InChI is InChI=1S/C18H24ClN3O2S/c1-2-24-17(23)11-25-18-20-12-21(14-7-3-4-8-14)13-22(18)16-10-6-5-9-15(16)19/h5-6,9-10,14H,2-4,7-8,11-13H2,1H3. The van der Waals surface area contributed by atoms with Gasteiger partial charge in [-0.3, -0.25) is 9.69 Å². The quantitative estimate of drug-likeness (QED) is 0.722. The van der Waals surface area contributed by atoms with Crippen LogP contribution in [-0.2, 0) is 9.53 Å². The van der Waals surface area contributed by atoms with Crippen LogP contribution in [0.1, 0.15) is 32.6 Å². The first-order chi connectivity index (χ1) is 12.2. The number of benzene rings is 1. The molecule has 0 N–H and O–H groups in total. The SMILES string of the molecule is CCOC(=O)CSC1=NCN(C2CCCC2)CN1c1ccccc1Cl. The zero-order chi connectivity index (χ0) is 17.6. The van der Waals surface area contributed by atoms with Crippen LogP contribution in [0.4, 0.5) is 5.69 Å². The number of carbonyl (C=O) groups is 1. The van der Waals surface area contributed by atoms with E-state index >= 15 is 0 Å². The second-order valence-corrected chi connectivity index (χ2v) is 7.57. The highest BCUT2D eigenvalue weighted by Gasteiger charge is 2.30. The molecule has 7 heteroatoms. The number of ether oxygens (including phenoxy) is 1. The Morgan fingerprint density at radius 3 is 2.84 bits per heavy atom. The Hall–Kier alpha value is -1.24. The summed E-state index contributed by atoms with van der Waals surface area (Å²) in [5.74, 6) is 0.0457. The molecule has 3 rings (SSSR count). The van der Waals surface area contributed by atoms with Crippen molar-refractivity contribution in [3.63, 3.8) is 0 Å². The third-order valence-corrected chi connectivity index (χ3v) is 5.86. The van der Waals surface area contributed by atoms with Crippen molar-refractivity contribution in [3.8, 4) is 0 Å². The number of halogens is 1. The molecule has 0 amide bonds. The van der Waals surface area contributed by atoms with Crippen LogP contribution in [0.15, 0.2) is 29.3 Å². The van der Waals surface area contributed by atoms with Crippen LogP contribution in [0.2, 0.25) is 5.02 Å². The number of hydrogen-bond donors (Lipinski definition) is 0. The predicted molar refractivity (Wildman–Crippen MR) is 104 cm³/mol. The normalized spacial score (nSPS) is 19.1. The number of para-hydroxylation sites is 1. The lowest BCUT2D eigenvalue weighted by molar-refractivity contribution is -0.139. The highest BCUT2D eigenvalue weighted by molar-refractivity contribution is 8.14. The van der Waals surface area contributed by atoms with Crippen molar-refractivity contribution in [2.75, 3.05) is 30.6 Å². The Morgan fingerprint density at radius 2 is 2.12 bits per heavy atom. The summed E-state index contributed by atoms with van der Waals surface area (Å²) in [7, 11) is 0. The van der Waals surface area contributed by atoms with E-state index in [2.05, 4.69) is 9.80 Å². The van der Waals surface area contributed by atoms with Crippen LogP contribution in [0.3, 0.4) is 0 Å². The molecule has 0 aromatic heterocycles. The zero-order valence-corrected chi connectivity index (χ0v) is 16.1. The number of thioether (sulfide) groups is 1. The molecule has 2 aliphatic rings. The van der Waals surface area contributed by atoms with E-state index in [0.717, 1.165) is 17.5 Å². The smallest absolute Gasteiger partial charge is 0.316 e. The number of rotatable bonds is 5. The van der Waals surface area contributed by atoms with Crippen LogP contribution < -0.4 is 4.90 Å². The molecule has 1 heterocycles. The molecule has 0 radical (unpaired) electrons. The van der Waals surface area contributed by atoms with Gasteiger partial charge in [-0.2, -0.15) is 0 Å². The molecule has 0 bridgehead atoms. The maximum atomic E-state index is 11.7. The second-order valence-electron chi connectivity index (χ2n) is 6.22. The van der Waals surface area contributed by atoms with E-state index in [4.69, 9.17) is 21.3 Å². The van der Waals surface area contributed by atoms with Gasteiger partial charge in [0.25, 0.3) is 0 Å². The fourth-order valence-corrected chi connectivity index (χ4v) is 4.35. The molecule has 1 aromatic rings. The van der Waals surface area contributed by atoms with Gasteiger partial charge in [-0.15, -0.1) is 0 Å². The fourth-order valence-electron chi connectivity index (χ4n) is 3.32. The molecule has 5 nitrogen and oxygen atoms in total. The van der Waals surface area contributed by atoms with E-state index in [0.29, 0.717) is 24.3 Å². The number of anilines is 1. The minimum absolute atomic E-state index is 0.215. The van der Waals surface area contributed by atoms with Crippen molar-refractivity contribution >= 4 is 40.2 Å². The molecule has 25 heavy (non-hydrogen) atoms. The molecular formula is C18H24ClN3O2S. The molecule has 0 saturated heterocycles.